The van der Waals surface area contributed by atoms with E-state index in [1.807, 2.05) is 38.1 Å². The van der Waals surface area contributed by atoms with Crippen LogP contribution in [0.3, 0.4) is 0 Å². The van der Waals surface area contributed by atoms with Crippen molar-refractivity contribution in [1.82, 2.24) is 10.6 Å². The zero-order chi connectivity index (χ0) is 24.9. The molecule has 0 spiro atoms. The van der Waals surface area contributed by atoms with Crippen LogP contribution in [-0.2, 0) is 14.3 Å². The van der Waals surface area contributed by atoms with E-state index in [4.69, 9.17) is 4.74 Å². The Morgan fingerprint density at radius 2 is 1.63 bits per heavy atom. The van der Waals surface area contributed by atoms with E-state index in [1.54, 1.807) is 0 Å². The predicted octanol–water partition coefficient (Wildman–Crippen LogP) is 4.70. The summed E-state index contributed by atoms with van der Waals surface area (Å²) in [6, 6.07) is 15.8. The molecule has 7 heteroatoms. The highest BCUT2D eigenvalue weighted by Crippen LogP contribution is 2.44. The van der Waals surface area contributed by atoms with Crippen LogP contribution in [-0.4, -0.2) is 41.8 Å². The molecule has 0 radical (unpaired) electrons. The van der Waals surface area contributed by atoms with Crippen LogP contribution in [0.5, 0.6) is 0 Å². The molecule has 2 aromatic carbocycles. The van der Waals surface area contributed by atoms with Crippen LogP contribution in [0.2, 0.25) is 0 Å². The van der Waals surface area contributed by atoms with E-state index in [0.29, 0.717) is 12.8 Å². The van der Waals surface area contributed by atoms with Crippen molar-refractivity contribution in [2.75, 3.05) is 6.61 Å². The Hall–Kier alpha value is -3.35. The number of rotatable bonds is 8. The lowest BCUT2D eigenvalue weighted by atomic mass is 9.85. The monoisotopic (exact) mass is 478 g/mol. The molecule has 7 nitrogen and oxygen atoms in total. The number of aliphatic carboxylic acids is 1. The minimum Gasteiger partial charge on any atom is -0.481 e. The number of carboxylic acid groups (broad SMARTS) is 1. The highest BCUT2D eigenvalue weighted by molar-refractivity contribution is 5.80. The number of hydrogen-bond donors (Lipinski definition) is 3. The number of carboxylic acids is 1. The van der Waals surface area contributed by atoms with Crippen molar-refractivity contribution in [1.29, 1.82) is 0 Å². The molecule has 0 aromatic heterocycles. The number of hydrogen-bond acceptors (Lipinski definition) is 4. The summed E-state index contributed by atoms with van der Waals surface area (Å²) in [6.07, 6.45) is 2.25. The predicted molar refractivity (Wildman–Crippen MR) is 133 cm³/mol. The second kappa shape index (κ2) is 10.9. The number of fused-ring (bicyclic) bond motifs is 3. The van der Waals surface area contributed by atoms with Gasteiger partial charge in [-0.15, -0.1) is 0 Å². The summed E-state index contributed by atoms with van der Waals surface area (Å²) in [6.45, 7) is 4.11. The topological polar surface area (TPSA) is 105 Å². The molecule has 4 rings (SSSR count). The van der Waals surface area contributed by atoms with E-state index in [2.05, 4.69) is 34.9 Å². The van der Waals surface area contributed by atoms with Crippen molar-refractivity contribution < 1.29 is 24.2 Å². The second-order valence-corrected chi connectivity index (χ2v) is 9.99. The first-order valence-corrected chi connectivity index (χ1v) is 12.5. The Kier molecular flexibility index (Phi) is 7.73. The zero-order valence-electron chi connectivity index (χ0n) is 20.3. The highest BCUT2D eigenvalue weighted by atomic mass is 16.5. The maximum absolute atomic E-state index is 12.7. The van der Waals surface area contributed by atoms with Gasteiger partial charge in [-0.1, -0.05) is 68.8 Å². The highest BCUT2D eigenvalue weighted by Gasteiger charge is 2.31. The van der Waals surface area contributed by atoms with Crippen LogP contribution in [0.4, 0.5) is 4.79 Å². The van der Waals surface area contributed by atoms with Crippen molar-refractivity contribution in [2.24, 2.45) is 11.8 Å². The molecule has 2 amide bonds. The van der Waals surface area contributed by atoms with Gasteiger partial charge in [0, 0.05) is 24.4 Å². The molecule has 0 unspecified atom stereocenters. The number of carbonyl (C=O) groups is 3. The van der Waals surface area contributed by atoms with E-state index in [0.717, 1.165) is 24.0 Å². The Morgan fingerprint density at radius 1 is 1.00 bits per heavy atom. The first-order chi connectivity index (χ1) is 16.8. The molecule has 2 aliphatic carbocycles. The molecule has 186 valence electrons. The third kappa shape index (κ3) is 5.84. The smallest absolute Gasteiger partial charge is 0.407 e. The van der Waals surface area contributed by atoms with Crippen molar-refractivity contribution in [3.63, 3.8) is 0 Å². The molecule has 2 aliphatic rings. The standard InChI is InChI=1S/C28H34N2O5/c1-17(2)25(15-26(31)29-19-9-7-8-18(14-19)27(32)33)30-28(34)35-16-24-22-12-5-3-10-20(22)21-11-4-6-13-23(21)24/h3-6,10-13,17-19,24-25H,7-9,14-16H2,1-2H3,(H,29,31)(H,30,34)(H,32,33)/t18-,19-,25-/m1/s1. The minimum absolute atomic E-state index is 0.0255. The number of nitrogens with one attached hydrogen (secondary N) is 2. The van der Waals surface area contributed by atoms with Crippen LogP contribution >= 0.6 is 0 Å². The summed E-state index contributed by atoms with van der Waals surface area (Å²) in [7, 11) is 0. The van der Waals surface area contributed by atoms with Gasteiger partial charge in [0.05, 0.1) is 5.92 Å². The molecule has 3 atom stereocenters. The summed E-state index contributed by atoms with van der Waals surface area (Å²) >= 11 is 0. The Morgan fingerprint density at radius 3 is 2.23 bits per heavy atom. The Balaban J connectivity index is 1.32. The quantitative estimate of drug-likeness (QED) is 0.510. The van der Waals surface area contributed by atoms with Crippen LogP contribution in [0.15, 0.2) is 48.5 Å². The van der Waals surface area contributed by atoms with Gasteiger partial charge < -0.3 is 20.5 Å². The molecule has 0 saturated heterocycles. The number of alkyl carbamates (subject to hydrolysis) is 1. The third-order valence-electron chi connectivity index (χ3n) is 7.25. The molecule has 0 bridgehead atoms. The van der Waals surface area contributed by atoms with E-state index >= 15 is 0 Å². The Bertz CT molecular complexity index is 1040. The van der Waals surface area contributed by atoms with E-state index in [-0.39, 0.29) is 42.9 Å². The maximum Gasteiger partial charge on any atom is 0.407 e. The van der Waals surface area contributed by atoms with Gasteiger partial charge in [0.2, 0.25) is 5.91 Å². The molecule has 0 heterocycles. The van der Waals surface area contributed by atoms with Gasteiger partial charge in [0.15, 0.2) is 0 Å². The second-order valence-electron chi connectivity index (χ2n) is 9.99. The van der Waals surface area contributed by atoms with E-state index in [1.165, 1.54) is 11.1 Å². The minimum atomic E-state index is -0.805. The van der Waals surface area contributed by atoms with Gasteiger partial charge >= 0.3 is 12.1 Å². The van der Waals surface area contributed by atoms with Crippen LogP contribution in [0.1, 0.15) is 63.0 Å². The fourth-order valence-corrected chi connectivity index (χ4v) is 5.28. The molecular weight excluding hydrogens is 444 g/mol. The summed E-state index contributed by atoms with van der Waals surface area (Å²) in [5, 5.41) is 15.1. The largest absolute Gasteiger partial charge is 0.481 e. The molecule has 1 fully saturated rings. The van der Waals surface area contributed by atoms with Gasteiger partial charge in [-0.05, 0) is 47.4 Å². The van der Waals surface area contributed by atoms with Crippen molar-refractivity contribution >= 4 is 18.0 Å². The maximum atomic E-state index is 12.7. The first-order valence-electron chi connectivity index (χ1n) is 12.5. The van der Waals surface area contributed by atoms with E-state index in [9.17, 15) is 19.5 Å². The van der Waals surface area contributed by atoms with Gasteiger partial charge in [-0.3, -0.25) is 9.59 Å². The molecule has 3 N–H and O–H groups in total. The van der Waals surface area contributed by atoms with Crippen LogP contribution < -0.4 is 10.6 Å². The fourth-order valence-electron chi connectivity index (χ4n) is 5.28. The molecule has 0 aliphatic heterocycles. The molecular formula is C28H34N2O5. The summed E-state index contributed by atoms with van der Waals surface area (Å²) in [5.74, 6) is -1.39. The SMILES string of the molecule is CC(C)[C@@H](CC(=O)N[C@@H]1CCC[C@@H](C(=O)O)C1)NC(=O)OCC1c2ccccc2-c2ccccc21. The van der Waals surface area contributed by atoms with Crippen molar-refractivity contribution in [3.05, 3.63) is 59.7 Å². The lowest BCUT2D eigenvalue weighted by molar-refractivity contribution is -0.143. The number of amides is 2. The normalized spacial score (nSPS) is 20.0. The summed E-state index contributed by atoms with van der Waals surface area (Å²) in [5.41, 5.74) is 4.63. The van der Waals surface area contributed by atoms with E-state index < -0.39 is 18.0 Å². The van der Waals surface area contributed by atoms with Crippen molar-refractivity contribution in [2.45, 2.75) is 64.0 Å². The lowest BCUT2D eigenvalue weighted by Gasteiger charge is -2.28. The van der Waals surface area contributed by atoms with Gasteiger partial charge in [0.1, 0.15) is 6.61 Å². The first kappa shape index (κ1) is 24.8. The Labute approximate surface area is 206 Å². The number of benzene rings is 2. The van der Waals surface area contributed by atoms with Crippen molar-refractivity contribution in [3.8, 4) is 11.1 Å². The average Bonchev–Trinajstić information content (AvgIpc) is 3.16. The summed E-state index contributed by atoms with van der Waals surface area (Å²) in [4.78, 5) is 36.7. The number of carbonyl (C=O) groups excluding carboxylic acids is 2. The number of ether oxygens (including phenoxy) is 1. The average molecular weight is 479 g/mol. The molecule has 1 saturated carbocycles. The third-order valence-corrected chi connectivity index (χ3v) is 7.25. The molecule has 2 aromatic rings. The lowest BCUT2D eigenvalue weighted by Crippen LogP contribution is -2.45. The van der Waals surface area contributed by atoms with Gasteiger partial charge in [-0.25, -0.2) is 4.79 Å². The molecule has 35 heavy (non-hydrogen) atoms. The summed E-state index contributed by atoms with van der Waals surface area (Å²) < 4.78 is 5.65. The van der Waals surface area contributed by atoms with Gasteiger partial charge in [-0.2, -0.15) is 0 Å². The van der Waals surface area contributed by atoms with Crippen LogP contribution in [0.25, 0.3) is 11.1 Å². The fraction of sp³-hybridized carbons (Fsp3) is 0.464. The van der Waals surface area contributed by atoms with Gasteiger partial charge in [0.25, 0.3) is 0 Å². The van der Waals surface area contributed by atoms with Crippen LogP contribution in [0, 0.1) is 11.8 Å². The zero-order valence-corrected chi connectivity index (χ0v) is 20.3.